The molecule has 1 saturated carbocycles. The van der Waals surface area contributed by atoms with Crippen molar-refractivity contribution >= 4 is 11.9 Å². The number of aryl methyl sites for hydroxylation is 1. The van der Waals surface area contributed by atoms with Gasteiger partial charge in [-0.1, -0.05) is 19.0 Å². The van der Waals surface area contributed by atoms with Crippen molar-refractivity contribution in [3.63, 3.8) is 0 Å². The monoisotopic (exact) mass is 266 g/mol. The van der Waals surface area contributed by atoms with Gasteiger partial charge in [0, 0.05) is 13.1 Å². The molecule has 1 aromatic rings. The minimum atomic E-state index is -0.908. The first-order chi connectivity index (χ1) is 8.75. The first-order valence-corrected chi connectivity index (χ1v) is 6.15. The molecular weight excluding hydrogens is 248 g/mol. The third-order valence-electron chi connectivity index (χ3n) is 3.81. The minimum Gasteiger partial charge on any atom is -0.481 e. The summed E-state index contributed by atoms with van der Waals surface area (Å²) < 4.78 is 4.94. The van der Waals surface area contributed by atoms with Gasteiger partial charge >= 0.3 is 5.97 Å². The number of nitrogens with zero attached hydrogens (tertiary/aromatic N) is 2. The van der Waals surface area contributed by atoms with E-state index in [-0.39, 0.29) is 5.91 Å². The van der Waals surface area contributed by atoms with E-state index in [0.29, 0.717) is 18.0 Å². The highest BCUT2D eigenvalue weighted by Crippen LogP contribution is 2.58. The number of aliphatic carboxylic acids is 1. The molecule has 1 aromatic heterocycles. The molecule has 1 fully saturated rings. The summed E-state index contributed by atoms with van der Waals surface area (Å²) in [5.41, 5.74) is 0.190. The highest BCUT2D eigenvalue weighted by Gasteiger charge is 2.66. The molecule has 0 saturated heterocycles. The van der Waals surface area contributed by atoms with Crippen molar-refractivity contribution in [2.45, 2.75) is 27.3 Å². The molecule has 6 nitrogen and oxygen atoms in total. The smallest absolute Gasteiger partial charge is 0.307 e. The van der Waals surface area contributed by atoms with Crippen LogP contribution >= 0.6 is 0 Å². The molecule has 1 heterocycles. The van der Waals surface area contributed by atoms with Crippen LogP contribution in [0.4, 0.5) is 0 Å². The number of hydrogen-bond donors (Lipinski definition) is 1. The van der Waals surface area contributed by atoms with Gasteiger partial charge in [-0.15, -0.1) is 0 Å². The van der Waals surface area contributed by atoms with Crippen LogP contribution in [0, 0.1) is 24.2 Å². The van der Waals surface area contributed by atoms with Gasteiger partial charge in [0.15, 0.2) is 0 Å². The largest absolute Gasteiger partial charge is 0.481 e. The fourth-order valence-electron chi connectivity index (χ4n) is 2.61. The Kier molecular flexibility index (Phi) is 3.12. The van der Waals surface area contributed by atoms with Crippen LogP contribution in [-0.4, -0.2) is 34.1 Å². The number of carboxylic acids is 1. The van der Waals surface area contributed by atoms with E-state index in [1.807, 2.05) is 13.8 Å². The molecule has 1 aliphatic carbocycles. The summed E-state index contributed by atoms with van der Waals surface area (Å²) in [6, 6.07) is 1.76. The van der Waals surface area contributed by atoms with Crippen molar-refractivity contribution in [1.82, 2.24) is 10.1 Å². The summed E-state index contributed by atoms with van der Waals surface area (Å²) in [5, 5.41) is 12.9. The summed E-state index contributed by atoms with van der Waals surface area (Å²) in [6.45, 7) is 5.72. The fourth-order valence-corrected chi connectivity index (χ4v) is 2.61. The van der Waals surface area contributed by atoms with Crippen LogP contribution in [0.2, 0.25) is 0 Å². The minimum absolute atomic E-state index is 0.155. The second-order valence-corrected chi connectivity index (χ2v) is 5.74. The third kappa shape index (κ3) is 2.34. The van der Waals surface area contributed by atoms with E-state index in [2.05, 4.69) is 5.16 Å². The van der Waals surface area contributed by atoms with Gasteiger partial charge in [0.1, 0.15) is 11.5 Å². The van der Waals surface area contributed by atoms with Crippen molar-refractivity contribution in [3.05, 3.63) is 17.5 Å². The van der Waals surface area contributed by atoms with Gasteiger partial charge in [0.05, 0.1) is 18.4 Å². The highest BCUT2D eigenvalue weighted by molar-refractivity contribution is 5.91. The van der Waals surface area contributed by atoms with Crippen molar-refractivity contribution < 1.29 is 19.2 Å². The maximum absolute atomic E-state index is 12.3. The van der Waals surface area contributed by atoms with Crippen LogP contribution in [0.3, 0.4) is 0 Å². The van der Waals surface area contributed by atoms with Gasteiger partial charge in [-0.3, -0.25) is 9.59 Å². The van der Waals surface area contributed by atoms with Crippen LogP contribution in [0.15, 0.2) is 10.6 Å². The standard InChI is InChI=1S/C13H18N2O4/c1-7-5-8(14-19-7)6-15(4)11(16)9-10(12(17)18)13(9,2)3/h5,9-10H,6H2,1-4H3,(H,17,18)/t9-,10+/m1/s1. The zero-order valence-corrected chi connectivity index (χ0v) is 11.5. The Morgan fingerprint density at radius 2 is 2.11 bits per heavy atom. The summed E-state index contributed by atoms with van der Waals surface area (Å²) in [5.74, 6) is -1.43. The summed E-state index contributed by atoms with van der Waals surface area (Å²) in [4.78, 5) is 24.8. The number of amides is 1. The zero-order chi connectivity index (χ0) is 14.4. The second-order valence-electron chi connectivity index (χ2n) is 5.74. The molecule has 2 rings (SSSR count). The van der Waals surface area contributed by atoms with E-state index in [1.54, 1.807) is 20.0 Å². The molecule has 0 unspecified atom stereocenters. The van der Waals surface area contributed by atoms with E-state index >= 15 is 0 Å². The molecule has 0 aromatic carbocycles. The predicted molar refractivity (Wildman–Crippen MR) is 66.1 cm³/mol. The molecule has 0 radical (unpaired) electrons. The van der Waals surface area contributed by atoms with E-state index in [0.717, 1.165) is 0 Å². The molecule has 6 heteroatoms. The summed E-state index contributed by atoms with van der Waals surface area (Å²) >= 11 is 0. The summed E-state index contributed by atoms with van der Waals surface area (Å²) in [6.07, 6.45) is 0. The SMILES string of the molecule is Cc1cc(CN(C)C(=O)[C@H]2[C@@H](C(=O)O)C2(C)C)no1. The fraction of sp³-hybridized carbons (Fsp3) is 0.615. The Labute approximate surface area is 111 Å². The number of carbonyl (C=O) groups excluding carboxylic acids is 1. The van der Waals surface area contributed by atoms with Gasteiger partial charge < -0.3 is 14.5 Å². The van der Waals surface area contributed by atoms with E-state index in [9.17, 15) is 9.59 Å². The summed E-state index contributed by atoms with van der Waals surface area (Å²) in [7, 11) is 1.65. The molecular formula is C13H18N2O4. The number of carboxylic acid groups (broad SMARTS) is 1. The molecule has 1 N–H and O–H groups in total. The number of hydrogen-bond acceptors (Lipinski definition) is 4. The zero-order valence-electron chi connectivity index (χ0n) is 11.5. The predicted octanol–water partition coefficient (Wildman–Crippen LogP) is 1.30. The van der Waals surface area contributed by atoms with Crippen LogP contribution < -0.4 is 0 Å². The van der Waals surface area contributed by atoms with Crippen molar-refractivity contribution in [1.29, 1.82) is 0 Å². The van der Waals surface area contributed by atoms with E-state index < -0.39 is 23.2 Å². The van der Waals surface area contributed by atoms with Crippen molar-refractivity contribution in [2.75, 3.05) is 7.05 Å². The Morgan fingerprint density at radius 3 is 2.53 bits per heavy atom. The second kappa shape index (κ2) is 4.36. The van der Waals surface area contributed by atoms with E-state index in [4.69, 9.17) is 9.63 Å². The first kappa shape index (κ1) is 13.6. The maximum Gasteiger partial charge on any atom is 0.307 e. The third-order valence-corrected chi connectivity index (χ3v) is 3.81. The Hall–Kier alpha value is -1.85. The highest BCUT2D eigenvalue weighted by atomic mass is 16.5. The van der Waals surface area contributed by atoms with Gasteiger partial charge in [0.2, 0.25) is 5.91 Å². The lowest BCUT2D eigenvalue weighted by Gasteiger charge is -2.16. The van der Waals surface area contributed by atoms with Gasteiger partial charge in [-0.2, -0.15) is 0 Å². The number of rotatable bonds is 4. The lowest BCUT2D eigenvalue weighted by Crippen LogP contribution is -2.29. The Morgan fingerprint density at radius 1 is 1.47 bits per heavy atom. The van der Waals surface area contributed by atoms with Crippen LogP contribution in [0.1, 0.15) is 25.3 Å². The van der Waals surface area contributed by atoms with E-state index in [1.165, 1.54) is 4.90 Å². The number of carbonyl (C=O) groups is 2. The topological polar surface area (TPSA) is 83.6 Å². The lowest BCUT2D eigenvalue weighted by molar-refractivity contribution is -0.141. The average Bonchev–Trinajstić information content (AvgIpc) is 2.63. The lowest BCUT2D eigenvalue weighted by atomic mass is 10.1. The van der Waals surface area contributed by atoms with Crippen LogP contribution in [0.25, 0.3) is 0 Å². The normalized spacial score (nSPS) is 24.0. The average molecular weight is 266 g/mol. The van der Waals surface area contributed by atoms with Crippen molar-refractivity contribution in [3.8, 4) is 0 Å². The molecule has 1 aliphatic rings. The van der Waals surface area contributed by atoms with Crippen LogP contribution in [0.5, 0.6) is 0 Å². The van der Waals surface area contributed by atoms with Gasteiger partial charge in [-0.25, -0.2) is 0 Å². The molecule has 0 bridgehead atoms. The molecule has 19 heavy (non-hydrogen) atoms. The van der Waals surface area contributed by atoms with Gasteiger partial charge in [-0.05, 0) is 12.3 Å². The molecule has 104 valence electrons. The Bertz CT molecular complexity index is 520. The maximum atomic E-state index is 12.3. The molecule has 2 atom stereocenters. The number of aromatic nitrogens is 1. The molecule has 1 amide bonds. The molecule has 0 aliphatic heterocycles. The first-order valence-electron chi connectivity index (χ1n) is 6.15. The van der Waals surface area contributed by atoms with Crippen LogP contribution in [-0.2, 0) is 16.1 Å². The van der Waals surface area contributed by atoms with Crippen molar-refractivity contribution in [2.24, 2.45) is 17.3 Å². The quantitative estimate of drug-likeness (QED) is 0.888. The Balaban J connectivity index is 2.03. The molecule has 0 spiro atoms. The van der Waals surface area contributed by atoms with Gasteiger partial charge in [0.25, 0.3) is 0 Å².